The predicted molar refractivity (Wildman–Crippen MR) is 74.6 cm³/mol. The van der Waals surface area contributed by atoms with Gasteiger partial charge in [-0.1, -0.05) is 13.8 Å². The zero-order valence-electron chi connectivity index (χ0n) is 12.1. The summed E-state index contributed by atoms with van der Waals surface area (Å²) in [6.07, 6.45) is 0. The molecule has 0 saturated carbocycles. The Morgan fingerprint density at radius 1 is 1.26 bits per heavy atom. The highest BCUT2D eigenvalue weighted by molar-refractivity contribution is 5.40. The van der Waals surface area contributed by atoms with Crippen molar-refractivity contribution in [2.24, 2.45) is 5.92 Å². The Kier molecular flexibility index (Phi) is 4.02. The van der Waals surface area contributed by atoms with Crippen LogP contribution in [-0.2, 0) is 6.54 Å². The third-order valence-electron chi connectivity index (χ3n) is 3.95. The van der Waals surface area contributed by atoms with E-state index in [9.17, 15) is 5.11 Å². The fourth-order valence-electron chi connectivity index (χ4n) is 2.45. The number of aliphatic hydroxyl groups is 1. The number of likely N-dealkylation sites (tertiary alicyclic amines) is 1. The molecule has 0 radical (unpaired) electrons. The molecule has 0 spiro atoms. The lowest BCUT2D eigenvalue weighted by Gasteiger charge is -2.49. The van der Waals surface area contributed by atoms with E-state index in [1.54, 1.807) is 14.2 Å². The average Bonchev–Trinajstić information content (AvgIpc) is 2.36. The summed E-state index contributed by atoms with van der Waals surface area (Å²) in [7, 11) is 3.33. The van der Waals surface area contributed by atoms with Crippen molar-refractivity contribution in [1.82, 2.24) is 4.90 Å². The van der Waals surface area contributed by atoms with Crippen LogP contribution in [0.4, 0.5) is 0 Å². The lowest BCUT2D eigenvalue weighted by atomic mass is 9.83. The van der Waals surface area contributed by atoms with Crippen molar-refractivity contribution in [3.05, 3.63) is 23.8 Å². The van der Waals surface area contributed by atoms with E-state index in [-0.39, 0.29) is 5.92 Å². The van der Waals surface area contributed by atoms with Gasteiger partial charge in [-0.15, -0.1) is 0 Å². The van der Waals surface area contributed by atoms with Gasteiger partial charge < -0.3 is 14.6 Å². The molecule has 4 heteroatoms. The molecule has 1 aromatic rings. The van der Waals surface area contributed by atoms with Crippen LogP contribution in [0, 0.1) is 5.92 Å². The summed E-state index contributed by atoms with van der Waals surface area (Å²) in [5.74, 6) is 1.98. The molecule has 1 N–H and O–H groups in total. The number of hydrogen-bond donors (Lipinski definition) is 1. The molecule has 106 valence electrons. The van der Waals surface area contributed by atoms with Gasteiger partial charge in [0.1, 0.15) is 11.5 Å². The molecule has 2 rings (SSSR count). The first-order valence-corrected chi connectivity index (χ1v) is 6.64. The van der Waals surface area contributed by atoms with Gasteiger partial charge in [0.25, 0.3) is 0 Å². The molecule has 1 aliphatic rings. The van der Waals surface area contributed by atoms with Crippen molar-refractivity contribution in [3.8, 4) is 11.5 Å². The van der Waals surface area contributed by atoms with Gasteiger partial charge in [-0.3, -0.25) is 4.90 Å². The maximum absolute atomic E-state index is 10.3. The highest BCUT2D eigenvalue weighted by Crippen LogP contribution is 2.32. The normalized spacial score (nSPS) is 18.2. The maximum atomic E-state index is 10.3. The number of hydrogen-bond acceptors (Lipinski definition) is 4. The molecule has 1 aromatic carbocycles. The molecule has 0 amide bonds. The summed E-state index contributed by atoms with van der Waals surface area (Å²) in [5, 5.41) is 10.3. The first kappa shape index (κ1) is 14.2. The molecule has 0 bridgehead atoms. The van der Waals surface area contributed by atoms with E-state index in [0.717, 1.165) is 23.6 Å². The topological polar surface area (TPSA) is 41.9 Å². The second-order valence-electron chi connectivity index (χ2n) is 5.58. The number of β-amino-alcohol motifs (C(OH)–C–C–N with tert-alkyl or cyclic N) is 1. The van der Waals surface area contributed by atoms with Gasteiger partial charge in [0, 0.05) is 25.2 Å². The van der Waals surface area contributed by atoms with Gasteiger partial charge >= 0.3 is 0 Å². The predicted octanol–water partition coefficient (Wildman–Crippen LogP) is 1.91. The van der Waals surface area contributed by atoms with Crippen molar-refractivity contribution in [2.75, 3.05) is 27.3 Å². The second kappa shape index (κ2) is 5.39. The van der Waals surface area contributed by atoms with E-state index in [0.29, 0.717) is 13.1 Å². The summed E-state index contributed by atoms with van der Waals surface area (Å²) in [4.78, 5) is 2.22. The molecular weight excluding hydrogens is 242 g/mol. The van der Waals surface area contributed by atoms with E-state index >= 15 is 0 Å². The standard InChI is InChI=1S/C15H23NO3/c1-11(2)15(17)9-16(10-15)8-12-7-13(18-3)5-6-14(12)19-4/h5-7,11,17H,8-10H2,1-4H3. The van der Waals surface area contributed by atoms with E-state index in [1.165, 1.54) is 0 Å². The molecule has 0 unspecified atom stereocenters. The minimum absolute atomic E-state index is 0.288. The Labute approximate surface area is 114 Å². The lowest BCUT2D eigenvalue weighted by molar-refractivity contribution is -0.130. The fraction of sp³-hybridized carbons (Fsp3) is 0.600. The van der Waals surface area contributed by atoms with E-state index in [2.05, 4.69) is 18.7 Å². The fourth-order valence-corrected chi connectivity index (χ4v) is 2.45. The highest BCUT2D eigenvalue weighted by atomic mass is 16.5. The Balaban J connectivity index is 2.04. The summed E-state index contributed by atoms with van der Waals surface area (Å²) >= 11 is 0. The van der Waals surface area contributed by atoms with Crippen molar-refractivity contribution in [3.63, 3.8) is 0 Å². The van der Waals surface area contributed by atoms with Gasteiger partial charge in [-0.2, -0.15) is 0 Å². The maximum Gasteiger partial charge on any atom is 0.123 e. The van der Waals surface area contributed by atoms with E-state index in [4.69, 9.17) is 9.47 Å². The van der Waals surface area contributed by atoms with Crippen LogP contribution in [0.15, 0.2) is 18.2 Å². The van der Waals surface area contributed by atoms with Crippen LogP contribution in [0.2, 0.25) is 0 Å². The number of ether oxygens (including phenoxy) is 2. The first-order valence-electron chi connectivity index (χ1n) is 6.64. The lowest BCUT2D eigenvalue weighted by Crippen LogP contribution is -2.63. The molecule has 0 aliphatic carbocycles. The smallest absolute Gasteiger partial charge is 0.123 e. The van der Waals surface area contributed by atoms with E-state index in [1.807, 2.05) is 18.2 Å². The minimum atomic E-state index is -0.536. The summed E-state index contributed by atoms with van der Waals surface area (Å²) in [6.45, 7) is 6.32. The third-order valence-corrected chi connectivity index (χ3v) is 3.95. The van der Waals surface area contributed by atoms with Crippen LogP contribution in [0.3, 0.4) is 0 Å². The number of rotatable bonds is 5. The first-order chi connectivity index (χ1) is 8.98. The van der Waals surface area contributed by atoms with Crippen molar-refractivity contribution < 1.29 is 14.6 Å². The Hall–Kier alpha value is -1.26. The summed E-state index contributed by atoms with van der Waals surface area (Å²) < 4.78 is 10.6. The van der Waals surface area contributed by atoms with Crippen molar-refractivity contribution in [1.29, 1.82) is 0 Å². The molecule has 0 aromatic heterocycles. The summed E-state index contributed by atoms with van der Waals surface area (Å²) in [6, 6.07) is 5.80. The van der Waals surface area contributed by atoms with Crippen LogP contribution in [0.25, 0.3) is 0 Å². The third kappa shape index (κ3) is 2.85. The number of methoxy groups -OCH3 is 2. The molecule has 19 heavy (non-hydrogen) atoms. The molecule has 1 fully saturated rings. The molecule has 4 nitrogen and oxygen atoms in total. The average molecular weight is 265 g/mol. The Morgan fingerprint density at radius 3 is 2.47 bits per heavy atom. The monoisotopic (exact) mass is 265 g/mol. The highest BCUT2D eigenvalue weighted by Gasteiger charge is 2.43. The van der Waals surface area contributed by atoms with Gasteiger partial charge in [-0.05, 0) is 24.1 Å². The zero-order valence-corrected chi connectivity index (χ0v) is 12.1. The summed E-state index contributed by atoms with van der Waals surface area (Å²) in [5.41, 5.74) is 0.555. The van der Waals surface area contributed by atoms with Gasteiger partial charge in [0.2, 0.25) is 0 Å². The van der Waals surface area contributed by atoms with Crippen LogP contribution >= 0.6 is 0 Å². The second-order valence-corrected chi connectivity index (χ2v) is 5.58. The van der Waals surface area contributed by atoms with Crippen molar-refractivity contribution >= 4 is 0 Å². The Morgan fingerprint density at radius 2 is 1.95 bits per heavy atom. The van der Waals surface area contributed by atoms with Gasteiger partial charge in [-0.25, -0.2) is 0 Å². The SMILES string of the molecule is COc1ccc(OC)c(CN2CC(O)(C(C)C)C2)c1. The number of nitrogens with zero attached hydrogens (tertiary/aromatic N) is 1. The quantitative estimate of drug-likeness (QED) is 0.883. The zero-order chi connectivity index (χ0) is 14.0. The van der Waals surface area contributed by atoms with Crippen LogP contribution < -0.4 is 9.47 Å². The molecule has 0 atom stereocenters. The van der Waals surface area contributed by atoms with Crippen LogP contribution in [-0.4, -0.2) is 42.9 Å². The van der Waals surface area contributed by atoms with Gasteiger partial charge in [0.15, 0.2) is 0 Å². The minimum Gasteiger partial charge on any atom is -0.497 e. The van der Waals surface area contributed by atoms with Crippen LogP contribution in [0.1, 0.15) is 19.4 Å². The molecule has 1 heterocycles. The molecule has 1 aliphatic heterocycles. The molecular formula is C15H23NO3. The van der Waals surface area contributed by atoms with Gasteiger partial charge in [0.05, 0.1) is 19.8 Å². The van der Waals surface area contributed by atoms with E-state index < -0.39 is 5.60 Å². The van der Waals surface area contributed by atoms with Crippen LogP contribution in [0.5, 0.6) is 11.5 Å². The largest absolute Gasteiger partial charge is 0.497 e. The Bertz CT molecular complexity index is 439. The van der Waals surface area contributed by atoms with Crippen molar-refractivity contribution in [2.45, 2.75) is 26.0 Å². The number of benzene rings is 1. The molecule has 1 saturated heterocycles.